The number of aromatic nitrogens is 1. The van der Waals surface area contributed by atoms with Crippen molar-refractivity contribution in [3.63, 3.8) is 0 Å². The highest BCUT2D eigenvalue weighted by Crippen LogP contribution is 2.23. The van der Waals surface area contributed by atoms with E-state index in [1.165, 1.54) is 25.7 Å². The molecule has 1 aromatic heterocycles. The van der Waals surface area contributed by atoms with E-state index >= 15 is 0 Å². The average Bonchev–Trinajstić information content (AvgIpc) is 3.28. The number of nitrogens with zero attached hydrogens (tertiary/aromatic N) is 1. The molecule has 1 aliphatic rings. The molecule has 0 unspecified atom stereocenters. The molecule has 0 aliphatic heterocycles. The molecule has 1 aliphatic carbocycles. The minimum atomic E-state index is -1.06. The summed E-state index contributed by atoms with van der Waals surface area (Å²) in [6, 6.07) is 19.4. The van der Waals surface area contributed by atoms with Crippen LogP contribution >= 0.6 is 0 Å². The zero-order valence-electron chi connectivity index (χ0n) is 17.2. The molecule has 7 heteroatoms. The summed E-state index contributed by atoms with van der Waals surface area (Å²) in [6.45, 7) is 0. The van der Waals surface area contributed by atoms with Crippen LogP contribution in [0.15, 0.2) is 73.1 Å². The van der Waals surface area contributed by atoms with Crippen LogP contribution in [0.2, 0.25) is 0 Å². The quantitative estimate of drug-likeness (QED) is 0.290. The second kappa shape index (κ2) is 10.8. The predicted molar refractivity (Wildman–Crippen MR) is 125 cm³/mol. The fourth-order valence-electron chi connectivity index (χ4n) is 3.50. The number of amidine groups is 1. The smallest absolute Gasteiger partial charge is 0.409 e. The highest BCUT2D eigenvalue weighted by Gasteiger charge is 2.14. The van der Waals surface area contributed by atoms with Crippen LogP contribution in [-0.2, 0) is 0 Å². The van der Waals surface area contributed by atoms with Crippen LogP contribution in [0.3, 0.4) is 0 Å². The summed E-state index contributed by atoms with van der Waals surface area (Å²) in [6.07, 6.45) is 7.54. The molecule has 1 fully saturated rings. The molecule has 7 nitrogen and oxygen atoms in total. The van der Waals surface area contributed by atoms with Gasteiger partial charge in [-0.3, -0.25) is 15.7 Å². The third-order valence-electron chi connectivity index (χ3n) is 5.05. The molecule has 3 aromatic rings. The lowest BCUT2D eigenvalue weighted by Gasteiger charge is -2.13. The third kappa shape index (κ3) is 6.85. The monoisotopic (exact) mass is 417 g/mol. The SMILES string of the molecule is N=C(N)c1cccc(NC2CCCC2)c1.O=C(O)Nc1ccc(-c2ccncc2)cc1. The number of hydrogen-bond donors (Lipinski definition) is 5. The highest BCUT2D eigenvalue weighted by atomic mass is 16.4. The fourth-order valence-corrected chi connectivity index (χ4v) is 3.50. The Kier molecular flexibility index (Phi) is 7.59. The second-order valence-electron chi connectivity index (χ2n) is 7.36. The van der Waals surface area contributed by atoms with Gasteiger partial charge in [0.25, 0.3) is 0 Å². The van der Waals surface area contributed by atoms with Crippen molar-refractivity contribution in [3.05, 3.63) is 78.6 Å². The zero-order valence-corrected chi connectivity index (χ0v) is 17.2. The molecular weight excluding hydrogens is 390 g/mol. The highest BCUT2D eigenvalue weighted by molar-refractivity contribution is 5.95. The van der Waals surface area contributed by atoms with Crippen LogP contribution in [0.1, 0.15) is 31.2 Å². The summed E-state index contributed by atoms with van der Waals surface area (Å²) in [4.78, 5) is 14.3. The topological polar surface area (TPSA) is 124 Å². The fraction of sp³-hybridized carbons (Fsp3) is 0.208. The Labute approximate surface area is 181 Å². The van der Waals surface area contributed by atoms with Gasteiger partial charge in [-0.2, -0.15) is 0 Å². The van der Waals surface area contributed by atoms with E-state index < -0.39 is 6.09 Å². The number of nitrogens with one attached hydrogen (secondary N) is 3. The molecule has 0 bridgehead atoms. The molecule has 2 aromatic carbocycles. The first kappa shape index (κ1) is 21.8. The number of nitrogens with two attached hydrogens (primary N) is 1. The van der Waals surface area contributed by atoms with E-state index in [-0.39, 0.29) is 5.84 Å². The summed E-state index contributed by atoms with van der Waals surface area (Å²) in [7, 11) is 0. The Hall–Kier alpha value is -3.87. The van der Waals surface area contributed by atoms with Crippen LogP contribution < -0.4 is 16.4 Å². The average molecular weight is 418 g/mol. The van der Waals surface area contributed by atoms with Gasteiger partial charge < -0.3 is 16.2 Å². The van der Waals surface area contributed by atoms with Crippen molar-refractivity contribution in [2.75, 3.05) is 10.6 Å². The van der Waals surface area contributed by atoms with Crippen molar-refractivity contribution in [1.82, 2.24) is 4.98 Å². The number of pyridine rings is 1. The summed E-state index contributed by atoms with van der Waals surface area (Å²) < 4.78 is 0. The molecule has 160 valence electrons. The number of anilines is 2. The minimum absolute atomic E-state index is 0.130. The molecule has 31 heavy (non-hydrogen) atoms. The summed E-state index contributed by atoms with van der Waals surface area (Å²) >= 11 is 0. The molecule has 0 saturated heterocycles. The van der Waals surface area contributed by atoms with E-state index in [0.29, 0.717) is 11.7 Å². The van der Waals surface area contributed by atoms with Crippen LogP contribution in [0.5, 0.6) is 0 Å². The Balaban J connectivity index is 0.000000176. The Morgan fingerprint density at radius 1 is 0.968 bits per heavy atom. The molecular formula is C24H27N5O2. The van der Waals surface area contributed by atoms with Gasteiger partial charge in [0.15, 0.2) is 0 Å². The van der Waals surface area contributed by atoms with Crippen LogP contribution in [0.4, 0.5) is 16.2 Å². The number of benzene rings is 2. The van der Waals surface area contributed by atoms with E-state index in [1.54, 1.807) is 24.5 Å². The van der Waals surface area contributed by atoms with Gasteiger partial charge in [0.05, 0.1) is 0 Å². The van der Waals surface area contributed by atoms with Crippen molar-refractivity contribution in [2.45, 2.75) is 31.7 Å². The molecule has 0 radical (unpaired) electrons. The maximum atomic E-state index is 10.4. The van der Waals surface area contributed by atoms with Crippen molar-refractivity contribution >= 4 is 23.3 Å². The third-order valence-corrected chi connectivity index (χ3v) is 5.05. The molecule has 1 amide bonds. The van der Waals surface area contributed by atoms with Gasteiger partial charge in [-0.25, -0.2) is 4.79 Å². The van der Waals surface area contributed by atoms with Gasteiger partial charge in [0.1, 0.15) is 5.84 Å². The van der Waals surface area contributed by atoms with Gasteiger partial charge in [-0.05, 0) is 60.4 Å². The van der Waals surface area contributed by atoms with E-state index in [4.69, 9.17) is 16.2 Å². The van der Waals surface area contributed by atoms with Gasteiger partial charge in [-0.1, -0.05) is 37.1 Å². The first-order chi connectivity index (χ1) is 15.0. The molecule has 1 saturated carbocycles. The van der Waals surface area contributed by atoms with Crippen LogP contribution in [0.25, 0.3) is 11.1 Å². The molecule has 6 N–H and O–H groups in total. The number of amides is 1. The lowest BCUT2D eigenvalue weighted by atomic mass is 10.1. The van der Waals surface area contributed by atoms with Crippen molar-refractivity contribution < 1.29 is 9.90 Å². The largest absolute Gasteiger partial charge is 0.465 e. The maximum Gasteiger partial charge on any atom is 0.409 e. The first-order valence-electron chi connectivity index (χ1n) is 10.2. The molecule has 0 atom stereocenters. The van der Waals surface area contributed by atoms with E-state index in [9.17, 15) is 4.79 Å². The first-order valence-corrected chi connectivity index (χ1v) is 10.2. The van der Waals surface area contributed by atoms with Crippen molar-refractivity contribution in [3.8, 4) is 11.1 Å². The van der Waals surface area contributed by atoms with Gasteiger partial charge in [0, 0.05) is 35.4 Å². The number of rotatable bonds is 5. The van der Waals surface area contributed by atoms with E-state index in [0.717, 1.165) is 22.4 Å². The number of carboxylic acid groups (broad SMARTS) is 1. The standard InChI is InChI=1S/C12H17N3.C12H10N2O2/c13-12(14)9-4-3-7-11(8-9)15-10-5-1-2-6-10;15-12(16)14-11-3-1-9(2-4-11)10-5-7-13-8-6-10/h3-4,7-8,10,15H,1-2,5-6H2,(H3,13,14);1-8,14H,(H,15,16). The number of carbonyl (C=O) groups is 1. The van der Waals surface area contributed by atoms with Crippen LogP contribution in [0, 0.1) is 5.41 Å². The Morgan fingerprint density at radius 3 is 2.23 bits per heavy atom. The maximum absolute atomic E-state index is 10.4. The molecule has 4 rings (SSSR count). The summed E-state index contributed by atoms with van der Waals surface area (Å²) in [5.41, 5.74) is 9.95. The van der Waals surface area contributed by atoms with Gasteiger partial charge >= 0.3 is 6.09 Å². The van der Waals surface area contributed by atoms with E-state index in [2.05, 4.69) is 15.6 Å². The van der Waals surface area contributed by atoms with Crippen molar-refractivity contribution in [1.29, 1.82) is 5.41 Å². The number of nitrogen functional groups attached to an aromatic ring is 1. The normalized spacial score (nSPS) is 13.0. The van der Waals surface area contributed by atoms with E-state index in [1.807, 2.05) is 48.5 Å². The lowest BCUT2D eigenvalue weighted by molar-refractivity contribution is 0.210. The zero-order chi connectivity index (χ0) is 22.1. The van der Waals surface area contributed by atoms with Gasteiger partial charge in [-0.15, -0.1) is 0 Å². The second-order valence-corrected chi connectivity index (χ2v) is 7.36. The molecule has 0 spiro atoms. The lowest BCUT2D eigenvalue weighted by Crippen LogP contribution is -2.16. The summed E-state index contributed by atoms with van der Waals surface area (Å²) in [5.74, 6) is 0.130. The molecule has 1 heterocycles. The minimum Gasteiger partial charge on any atom is -0.465 e. The predicted octanol–water partition coefficient (Wildman–Crippen LogP) is 5.16. The van der Waals surface area contributed by atoms with Crippen molar-refractivity contribution in [2.24, 2.45) is 5.73 Å². The Bertz CT molecular complexity index is 1000. The Morgan fingerprint density at radius 2 is 1.61 bits per heavy atom. The number of hydrogen-bond acceptors (Lipinski definition) is 4. The summed E-state index contributed by atoms with van der Waals surface area (Å²) in [5, 5.41) is 21.7. The van der Waals surface area contributed by atoms with Gasteiger partial charge in [0.2, 0.25) is 0 Å². The van der Waals surface area contributed by atoms with Crippen LogP contribution in [-0.4, -0.2) is 28.1 Å².